The molecule has 74 valence electrons. The van der Waals surface area contributed by atoms with Gasteiger partial charge < -0.3 is 10.1 Å². The molecule has 2 nitrogen and oxygen atoms in total. The molecule has 0 saturated heterocycles. The average molecular weight is 199 g/mol. The Balaban J connectivity index is 2.61. The Morgan fingerprint density at radius 3 is 2.85 bits per heavy atom. The molecule has 0 amide bonds. The number of ether oxygens (including phenoxy) is 1. The summed E-state index contributed by atoms with van der Waals surface area (Å²) in [6.07, 6.45) is 0. The lowest BCUT2D eigenvalue weighted by Gasteiger charge is -2.15. The zero-order valence-corrected chi connectivity index (χ0v) is 9.28. The SMILES string of the molecule is CCOCC(NC)c1sccc1C. The van der Waals surface area contributed by atoms with Crippen molar-refractivity contribution in [3.8, 4) is 0 Å². The van der Waals surface area contributed by atoms with Crippen LogP contribution in [0.4, 0.5) is 0 Å². The highest BCUT2D eigenvalue weighted by Gasteiger charge is 2.12. The summed E-state index contributed by atoms with van der Waals surface area (Å²) < 4.78 is 5.41. The van der Waals surface area contributed by atoms with E-state index in [4.69, 9.17) is 4.74 Å². The molecular weight excluding hydrogens is 182 g/mol. The van der Waals surface area contributed by atoms with Crippen molar-refractivity contribution in [3.05, 3.63) is 21.9 Å². The van der Waals surface area contributed by atoms with Crippen LogP contribution in [-0.4, -0.2) is 20.3 Å². The third-order valence-electron chi connectivity index (χ3n) is 2.06. The summed E-state index contributed by atoms with van der Waals surface area (Å²) in [7, 11) is 1.98. The summed E-state index contributed by atoms with van der Waals surface area (Å²) in [6, 6.07) is 2.50. The first-order valence-electron chi connectivity index (χ1n) is 4.58. The molecule has 0 aliphatic heterocycles. The first-order valence-corrected chi connectivity index (χ1v) is 5.46. The topological polar surface area (TPSA) is 21.3 Å². The van der Waals surface area contributed by atoms with E-state index in [9.17, 15) is 0 Å². The van der Waals surface area contributed by atoms with Gasteiger partial charge in [-0.15, -0.1) is 11.3 Å². The van der Waals surface area contributed by atoms with Crippen molar-refractivity contribution in [1.82, 2.24) is 5.32 Å². The fourth-order valence-corrected chi connectivity index (χ4v) is 2.29. The van der Waals surface area contributed by atoms with Crippen LogP contribution in [0, 0.1) is 6.92 Å². The smallest absolute Gasteiger partial charge is 0.0669 e. The number of thiophene rings is 1. The predicted molar refractivity (Wildman–Crippen MR) is 57.3 cm³/mol. The molecule has 0 aliphatic rings. The number of rotatable bonds is 5. The van der Waals surface area contributed by atoms with Crippen molar-refractivity contribution in [1.29, 1.82) is 0 Å². The van der Waals surface area contributed by atoms with E-state index >= 15 is 0 Å². The van der Waals surface area contributed by atoms with Crippen LogP contribution >= 0.6 is 11.3 Å². The molecule has 1 N–H and O–H groups in total. The Hall–Kier alpha value is -0.380. The van der Waals surface area contributed by atoms with Gasteiger partial charge in [0, 0.05) is 11.5 Å². The molecule has 0 saturated carbocycles. The second-order valence-corrected chi connectivity index (χ2v) is 3.92. The Morgan fingerprint density at radius 1 is 1.62 bits per heavy atom. The molecule has 1 heterocycles. The van der Waals surface area contributed by atoms with Gasteiger partial charge in [0.1, 0.15) is 0 Å². The number of likely N-dealkylation sites (N-methyl/N-ethyl adjacent to an activating group) is 1. The van der Waals surface area contributed by atoms with Crippen LogP contribution in [0.5, 0.6) is 0 Å². The first-order chi connectivity index (χ1) is 6.29. The largest absolute Gasteiger partial charge is 0.380 e. The summed E-state index contributed by atoms with van der Waals surface area (Å²) in [5, 5.41) is 5.39. The minimum Gasteiger partial charge on any atom is -0.380 e. The highest BCUT2D eigenvalue weighted by molar-refractivity contribution is 7.10. The second kappa shape index (κ2) is 5.37. The molecular formula is C10H17NOS. The maximum atomic E-state index is 5.41. The Morgan fingerprint density at radius 2 is 2.38 bits per heavy atom. The molecule has 1 unspecified atom stereocenters. The molecule has 1 rings (SSSR count). The van der Waals surface area contributed by atoms with Gasteiger partial charge in [-0.3, -0.25) is 0 Å². The molecule has 1 aromatic rings. The standard InChI is InChI=1S/C10H17NOS/c1-4-12-7-9(11-3)10-8(2)5-6-13-10/h5-6,9,11H,4,7H2,1-3H3. The quantitative estimate of drug-likeness (QED) is 0.786. The minimum absolute atomic E-state index is 0.347. The molecule has 1 aromatic heterocycles. The zero-order chi connectivity index (χ0) is 9.68. The van der Waals surface area contributed by atoms with Crippen LogP contribution in [0.15, 0.2) is 11.4 Å². The molecule has 0 aromatic carbocycles. The lowest BCUT2D eigenvalue weighted by molar-refractivity contribution is 0.126. The lowest BCUT2D eigenvalue weighted by atomic mass is 10.2. The normalized spacial score (nSPS) is 13.2. The summed E-state index contributed by atoms with van der Waals surface area (Å²) in [5.74, 6) is 0. The van der Waals surface area contributed by atoms with Gasteiger partial charge in [-0.1, -0.05) is 0 Å². The Labute approximate surface area is 83.9 Å². The highest BCUT2D eigenvalue weighted by Crippen LogP contribution is 2.23. The third-order valence-corrected chi connectivity index (χ3v) is 3.19. The van der Waals surface area contributed by atoms with Gasteiger partial charge in [0.25, 0.3) is 0 Å². The van der Waals surface area contributed by atoms with Crippen LogP contribution in [0.3, 0.4) is 0 Å². The number of hydrogen-bond acceptors (Lipinski definition) is 3. The Kier molecular flexibility index (Phi) is 4.42. The number of aryl methyl sites for hydroxylation is 1. The van der Waals surface area contributed by atoms with Gasteiger partial charge in [0.2, 0.25) is 0 Å². The van der Waals surface area contributed by atoms with Crippen LogP contribution in [0.1, 0.15) is 23.4 Å². The van der Waals surface area contributed by atoms with Crippen molar-refractivity contribution in [2.45, 2.75) is 19.9 Å². The molecule has 0 bridgehead atoms. The van der Waals surface area contributed by atoms with Gasteiger partial charge in [-0.25, -0.2) is 0 Å². The molecule has 3 heteroatoms. The van der Waals surface area contributed by atoms with Crippen LogP contribution in [0.25, 0.3) is 0 Å². The zero-order valence-electron chi connectivity index (χ0n) is 8.46. The van der Waals surface area contributed by atoms with Crippen LogP contribution in [-0.2, 0) is 4.74 Å². The predicted octanol–water partition coefficient (Wildman–Crippen LogP) is 2.35. The average Bonchev–Trinajstić information content (AvgIpc) is 2.54. The third kappa shape index (κ3) is 2.79. The fourth-order valence-electron chi connectivity index (χ4n) is 1.27. The summed E-state index contributed by atoms with van der Waals surface area (Å²) in [4.78, 5) is 1.39. The van der Waals surface area contributed by atoms with Gasteiger partial charge in [0.15, 0.2) is 0 Å². The molecule has 0 fully saturated rings. The van der Waals surface area contributed by atoms with E-state index < -0.39 is 0 Å². The van der Waals surface area contributed by atoms with Crippen LogP contribution in [0.2, 0.25) is 0 Å². The number of nitrogens with one attached hydrogen (secondary N) is 1. The van der Waals surface area contributed by atoms with E-state index in [1.165, 1.54) is 10.4 Å². The van der Waals surface area contributed by atoms with Crippen molar-refractivity contribution >= 4 is 11.3 Å². The highest BCUT2D eigenvalue weighted by atomic mass is 32.1. The van der Waals surface area contributed by atoms with Crippen molar-refractivity contribution < 1.29 is 4.74 Å². The van der Waals surface area contributed by atoms with E-state index in [2.05, 4.69) is 23.7 Å². The molecule has 0 radical (unpaired) electrons. The first kappa shape index (κ1) is 10.7. The molecule has 1 atom stereocenters. The maximum absolute atomic E-state index is 5.41. The van der Waals surface area contributed by atoms with E-state index in [0.29, 0.717) is 6.04 Å². The molecule has 0 aliphatic carbocycles. The van der Waals surface area contributed by atoms with Crippen molar-refractivity contribution in [2.75, 3.05) is 20.3 Å². The van der Waals surface area contributed by atoms with Gasteiger partial charge in [-0.05, 0) is 37.9 Å². The number of hydrogen-bond donors (Lipinski definition) is 1. The van der Waals surface area contributed by atoms with E-state index in [1.54, 1.807) is 11.3 Å². The Bertz CT molecular complexity index is 247. The van der Waals surface area contributed by atoms with E-state index in [-0.39, 0.29) is 0 Å². The summed E-state index contributed by atoms with van der Waals surface area (Å²) in [5.41, 5.74) is 1.35. The molecule has 13 heavy (non-hydrogen) atoms. The van der Waals surface area contributed by atoms with Crippen molar-refractivity contribution in [2.24, 2.45) is 0 Å². The maximum Gasteiger partial charge on any atom is 0.0669 e. The second-order valence-electron chi connectivity index (χ2n) is 2.97. The van der Waals surface area contributed by atoms with Gasteiger partial charge in [0.05, 0.1) is 12.6 Å². The van der Waals surface area contributed by atoms with Crippen LogP contribution < -0.4 is 5.32 Å². The van der Waals surface area contributed by atoms with E-state index in [1.807, 2.05) is 14.0 Å². The van der Waals surface area contributed by atoms with E-state index in [0.717, 1.165) is 13.2 Å². The van der Waals surface area contributed by atoms with Gasteiger partial charge in [-0.2, -0.15) is 0 Å². The molecule has 0 spiro atoms. The summed E-state index contributed by atoms with van der Waals surface area (Å²) >= 11 is 1.79. The van der Waals surface area contributed by atoms with Gasteiger partial charge >= 0.3 is 0 Å². The van der Waals surface area contributed by atoms with Crippen molar-refractivity contribution in [3.63, 3.8) is 0 Å². The lowest BCUT2D eigenvalue weighted by Crippen LogP contribution is -2.21. The minimum atomic E-state index is 0.347. The fraction of sp³-hybridized carbons (Fsp3) is 0.600. The monoisotopic (exact) mass is 199 g/mol. The summed E-state index contributed by atoms with van der Waals surface area (Å²) in [6.45, 7) is 5.70.